The van der Waals surface area contributed by atoms with Crippen LogP contribution >= 0.6 is 0 Å². The Morgan fingerprint density at radius 3 is 2.79 bits per heavy atom. The van der Waals surface area contributed by atoms with Crippen molar-refractivity contribution in [1.29, 1.82) is 0 Å². The SMILES string of the molecule is CCOCCOc1cc(OC)ccc1/C=C/C(=O)O. The Hall–Kier alpha value is -2.01. The Labute approximate surface area is 112 Å². The minimum atomic E-state index is -1.00. The monoisotopic (exact) mass is 266 g/mol. The molecule has 0 aliphatic heterocycles. The quantitative estimate of drug-likeness (QED) is 0.577. The summed E-state index contributed by atoms with van der Waals surface area (Å²) in [4.78, 5) is 10.5. The molecule has 1 aromatic rings. The minimum absolute atomic E-state index is 0.398. The maximum absolute atomic E-state index is 10.5. The first-order valence-electron chi connectivity index (χ1n) is 5.97. The molecule has 19 heavy (non-hydrogen) atoms. The van der Waals surface area contributed by atoms with Crippen LogP contribution in [0.5, 0.6) is 11.5 Å². The first-order valence-corrected chi connectivity index (χ1v) is 5.97. The van der Waals surface area contributed by atoms with Gasteiger partial charge in [0.1, 0.15) is 18.1 Å². The summed E-state index contributed by atoms with van der Waals surface area (Å²) >= 11 is 0. The van der Waals surface area contributed by atoms with Crippen molar-refractivity contribution in [3.8, 4) is 11.5 Å². The van der Waals surface area contributed by atoms with Gasteiger partial charge in [0.05, 0.1) is 13.7 Å². The van der Waals surface area contributed by atoms with Crippen LogP contribution in [0, 0.1) is 0 Å². The summed E-state index contributed by atoms with van der Waals surface area (Å²) in [6.45, 7) is 3.42. The predicted molar refractivity (Wildman–Crippen MR) is 71.7 cm³/mol. The van der Waals surface area contributed by atoms with Gasteiger partial charge in [-0.2, -0.15) is 0 Å². The molecule has 0 fully saturated rings. The number of carboxylic acid groups (broad SMARTS) is 1. The molecule has 104 valence electrons. The van der Waals surface area contributed by atoms with E-state index in [1.54, 1.807) is 25.3 Å². The average molecular weight is 266 g/mol. The number of carbonyl (C=O) groups is 1. The number of ether oxygens (including phenoxy) is 3. The third kappa shape index (κ3) is 5.44. The second-order valence-corrected chi connectivity index (χ2v) is 3.62. The van der Waals surface area contributed by atoms with Crippen LogP contribution in [0.3, 0.4) is 0 Å². The smallest absolute Gasteiger partial charge is 0.328 e. The van der Waals surface area contributed by atoms with Gasteiger partial charge in [0.2, 0.25) is 0 Å². The average Bonchev–Trinajstić information content (AvgIpc) is 2.41. The lowest BCUT2D eigenvalue weighted by atomic mass is 10.1. The first kappa shape index (κ1) is 15.0. The van der Waals surface area contributed by atoms with Crippen molar-refractivity contribution >= 4 is 12.0 Å². The van der Waals surface area contributed by atoms with Crippen LogP contribution in [-0.2, 0) is 9.53 Å². The number of hydrogen-bond donors (Lipinski definition) is 1. The van der Waals surface area contributed by atoms with E-state index in [1.807, 2.05) is 6.92 Å². The van der Waals surface area contributed by atoms with E-state index < -0.39 is 5.97 Å². The van der Waals surface area contributed by atoms with E-state index in [1.165, 1.54) is 6.08 Å². The standard InChI is InChI=1S/C14H18O5/c1-3-18-8-9-19-13-10-12(17-2)6-4-11(13)5-7-14(15)16/h4-7,10H,3,8-9H2,1-2H3,(H,15,16)/b7-5+. The number of aliphatic carboxylic acids is 1. The van der Waals surface area contributed by atoms with Crippen LogP contribution in [-0.4, -0.2) is 38.0 Å². The highest BCUT2D eigenvalue weighted by atomic mass is 16.5. The fraction of sp³-hybridized carbons (Fsp3) is 0.357. The van der Waals surface area contributed by atoms with Crippen LogP contribution in [0.4, 0.5) is 0 Å². The fourth-order valence-electron chi connectivity index (χ4n) is 1.42. The summed E-state index contributed by atoms with van der Waals surface area (Å²) in [5.41, 5.74) is 0.680. The largest absolute Gasteiger partial charge is 0.497 e. The molecule has 0 saturated heterocycles. The lowest BCUT2D eigenvalue weighted by molar-refractivity contribution is -0.131. The van der Waals surface area contributed by atoms with Crippen molar-refractivity contribution in [2.45, 2.75) is 6.92 Å². The highest BCUT2D eigenvalue weighted by Crippen LogP contribution is 2.26. The van der Waals surface area contributed by atoms with E-state index in [0.29, 0.717) is 36.9 Å². The molecular formula is C14H18O5. The lowest BCUT2D eigenvalue weighted by Crippen LogP contribution is -2.07. The molecule has 0 atom stereocenters. The molecule has 5 heteroatoms. The predicted octanol–water partition coefficient (Wildman–Crippen LogP) is 2.21. The summed E-state index contributed by atoms with van der Waals surface area (Å²) in [7, 11) is 1.56. The van der Waals surface area contributed by atoms with E-state index in [2.05, 4.69) is 0 Å². The Balaban J connectivity index is 2.80. The van der Waals surface area contributed by atoms with Gasteiger partial charge < -0.3 is 19.3 Å². The zero-order chi connectivity index (χ0) is 14.1. The second kappa shape index (κ2) is 8.16. The molecule has 1 rings (SSSR count). The summed E-state index contributed by atoms with van der Waals surface area (Å²) in [5, 5.41) is 8.64. The van der Waals surface area contributed by atoms with E-state index in [0.717, 1.165) is 6.08 Å². The van der Waals surface area contributed by atoms with Crippen LogP contribution in [0.2, 0.25) is 0 Å². The Kier molecular flexibility index (Phi) is 6.46. The molecule has 1 N–H and O–H groups in total. The summed E-state index contributed by atoms with van der Waals surface area (Å²) in [5.74, 6) is 0.214. The van der Waals surface area contributed by atoms with Gasteiger partial charge >= 0.3 is 5.97 Å². The zero-order valence-corrected chi connectivity index (χ0v) is 11.1. The van der Waals surface area contributed by atoms with E-state index in [-0.39, 0.29) is 0 Å². The van der Waals surface area contributed by atoms with Gasteiger partial charge in [-0.3, -0.25) is 0 Å². The van der Waals surface area contributed by atoms with Crippen LogP contribution in [0.1, 0.15) is 12.5 Å². The number of rotatable bonds is 8. The van der Waals surface area contributed by atoms with Crippen LogP contribution < -0.4 is 9.47 Å². The van der Waals surface area contributed by atoms with Gasteiger partial charge in [-0.05, 0) is 25.1 Å². The molecule has 0 aliphatic carbocycles. The van der Waals surface area contributed by atoms with Gasteiger partial charge in [0.25, 0.3) is 0 Å². The normalized spacial score (nSPS) is 10.6. The van der Waals surface area contributed by atoms with Gasteiger partial charge in [-0.15, -0.1) is 0 Å². The van der Waals surface area contributed by atoms with Crippen molar-refractivity contribution < 1.29 is 24.1 Å². The van der Waals surface area contributed by atoms with Crippen LogP contribution in [0.25, 0.3) is 6.08 Å². The first-order chi connectivity index (χ1) is 9.17. The van der Waals surface area contributed by atoms with Crippen molar-refractivity contribution in [3.63, 3.8) is 0 Å². The molecular weight excluding hydrogens is 248 g/mol. The number of hydrogen-bond acceptors (Lipinski definition) is 4. The minimum Gasteiger partial charge on any atom is -0.497 e. The maximum atomic E-state index is 10.5. The van der Waals surface area contributed by atoms with Gasteiger partial charge in [-0.25, -0.2) is 4.79 Å². The van der Waals surface area contributed by atoms with Gasteiger partial charge in [-0.1, -0.05) is 0 Å². The van der Waals surface area contributed by atoms with E-state index in [9.17, 15) is 4.79 Å². The van der Waals surface area contributed by atoms with E-state index >= 15 is 0 Å². The lowest BCUT2D eigenvalue weighted by Gasteiger charge is -2.11. The summed E-state index contributed by atoms with van der Waals surface area (Å²) in [6, 6.07) is 5.21. The molecule has 0 heterocycles. The Morgan fingerprint density at radius 1 is 1.37 bits per heavy atom. The highest BCUT2D eigenvalue weighted by Gasteiger charge is 2.04. The molecule has 0 aromatic heterocycles. The molecule has 0 spiro atoms. The van der Waals surface area contributed by atoms with Crippen molar-refractivity contribution in [1.82, 2.24) is 0 Å². The molecule has 0 aliphatic rings. The molecule has 0 saturated carbocycles. The second-order valence-electron chi connectivity index (χ2n) is 3.62. The molecule has 0 unspecified atom stereocenters. The Bertz CT molecular complexity index is 439. The topological polar surface area (TPSA) is 65.0 Å². The number of methoxy groups -OCH3 is 1. The van der Waals surface area contributed by atoms with E-state index in [4.69, 9.17) is 19.3 Å². The van der Waals surface area contributed by atoms with Crippen molar-refractivity contribution in [3.05, 3.63) is 29.8 Å². The van der Waals surface area contributed by atoms with Gasteiger partial charge in [0, 0.05) is 24.3 Å². The van der Waals surface area contributed by atoms with Crippen molar-refractivity contribution in [2.24, 2.45) is 0 Å². The number of carboxylic acids is 1. The summed E-state index contributed by atoms with van der Waals surface area (Å²) < 4.78 is 15.9. The molecule has 0 amide bonds. The maximum Gasteiger partial charge on any atom is 0.328 e. The summed E-state index contributed by atoms with van der Waals surface area (Å²) in [6.07, 6.45) is 2.55. The van der Waals surface area contributed by atoms with Gasteiger partial charge in [0.15, 0.2) is 0 Å². The number of benzene rings is 1. The highest BCUT2D eigenvalue weighted by molar-refractivity contribution is 5.86. The molecule has 0 bridgehead atoms. The zero-order valence-electron chi connectivity index (χ0n) is 11.1. The Morgan fingerprint density at radius 2 is 2.16 bits per heavy atom. The third-order valence-corrected chi connectivity index (χ3v) is 2.32. The van der Waals surface area contributed by atoms with Crippen LogP contribution in [0.15, 0.2) is 24.3 Å². The molecule has 5 nitrogen and oxygen atoms in total. The molecule has 1 aromatic carbocycles. The fourth-order valence-corrected chi connectivity index (χ4v) is 1.42. The van der Waals surface area contributed by atoms with Crippen molar-refractivity contribution in [2.75, 3.05) is 26.9 Å². The third-order valence-electron chi connectivity index (χ3n) is 2.32. The molecule has 0 radical (unpaired) electrons.